The maximum absolute atomic E-state index is 11.6. The standard InChI is InChI=1S/C18H22N2OS/c1-18(2,17(19)21)20-16(15-11-7-4-8-12-15)22-13-14-9-5-3-6-10-14/h3-12,16,20H,13H2,1-2H3,(H2,19,21). The van der Waals surface area contributed by atoms with Gasteiger partial charge in [0.25, 0.3) is 0 Å². The fraction of sp³-hybridized carbons (Fsp3) is 0.278. The predicted octanol–water partition coefficient (Wildman–Crippen LogP) is 3.47. The molecule has 1 atom stereocenters. The minimum Gasteiger partial charge on any atom is -0.368 e. The van der Waals surface area contributed by atoms with Crippen molar-refractivity contribution in [2.75, 3.05) is 0 Å². The van der Waals surface area contributed by atoms with E-state index in [-0.39, 0.29) is 11.3 Å². The van der Waals surface area contributed by atoms with Crippen molar-refractivity contribution in [1.82, 2.24) is 5.32 Å². The molecule has 0 heterocycles. The number of amides is 1. The van der Waals surface area contributed by atoms with Gasteiger partial charge in [0.2, 0.25) is 5.91 Å². The normalized spacial score (nSPS) is 12.8. The highest BCUT2D eigenvalue weighted by molar-refractivity contribution is 7.98. The van der Waals surface area contributed by atoms with E-state index in [1.54, 1.807) is 11.8 Å². The van der Waals surface area contributed by atoms with Crippen molar-refractivity contribution in [3.05, 3.63) is 71.8 Å². The molecule has 0 aromatic heterocycles. The second-order valence-electron chi connectivity index (χ2n) is 5.72. The van der Waals surface area contributed by atoms with Gasteiger partial charge in [-0.25, -0.2) is 0 Å². The largest absolute Gasteiger partial charge is 0.368 e. The molecule has 1 amide bonds. The average Bonchev–Trinajstić information content (AvgIpc) is 2.53. The zero-order valence-corrected chi connectivity index (χ0v) is 13.8. The first-order valence-electron chi connectivity index (χ1n) is 7.27. The van der Waals surface area contributed by atoms with Crippen LogP contribution < -0.4 is 11.1 Å². The van der Waals surface area contributed by atoms with Gasteiger partial charge in [-0.3, -0.25) is 10.1 Å². The molecule has 22 heavy (non-hydrogen) atoms. The Balaban J connectivity index is 2.13. The summed E-state index contributed by atoms with van der Waals surface area (Å²) >= 11 is 1.75. The van der Waals surface area contributed by atoms with Crippen LogP contribution in [0.1, 0.15) is 30.3 Å². The van der Waals surface area contributed by atoms with Crippen LogP contribution in [0.2, 0.25) is 0 Å². The molecule has 0 saturated heterocycles. The van der Waals surface area contributed by atoms with Crippen LogP contribution in [-0.4, -0.2) is 11.4 Å². The van der Waals surface area contributed by atoms with Gasteiger partial charge in [-0.15, -0.1) is 11.8 Å². The molecule has 0 aliphatic rings. The third kappa shape index (κ3) is 4.61. The first-order chi connectivity index (χ1) is 10.5. The first-order valence-corrected chi connectivity index (χ1v) is 8.32. The SMILES string of the molecule is CC(C)(NC(SCc1ccccc1)c1ccccc1)C(N)=O. The molecule has 0 fully saturated rings. The third-order valence-electron chi connectivity index (χ3n) is 3.47. The number of hydrogen-bond acceptors (Lipinski definition) is 3. The maximum Gasteiger partial charge on any atom is 0.237 e. The minimum atomic E-state index is -0.760. The van der Waals surface area contributed by atoms with Crippen LogP contribution in [0.3, 0.4) is 0 Å². The van der Waals surface area contributed by atoms with E-state index >= 15 is 0 Å². The molecule has 0 aliphatic heterocycles. The van der Waals surface area contributed by atoms with Crippen molar-refractivity contribution in [3.63, 3.8) is 0 Å². The van der Waals surface area contributed by atoms with Gasteiger partial charge in [-0.05, 0) is 25.0 Å². The molecule has 2 aromatic rings. The molecular formula is C18H22N2OS. The lowest BCUT2D eigenvalue weighted by atomic mass is 10.0. The number of benzene rings is 2. The lowest BCUT2D eigenvalue weighted by Crippen LogP contribution is -2.51. The fourth-order valence-electron chi connectivity index (χ4n) is 2.00. The van der Waals surface area contributed by atoms with E-state index in [0.717, 1.165) is 11.3 Å². The number of primary amides is 1. The smallest absolute Gasteiger partial charge is 0.237 e. The molecule has 116 valence electrons. The molecule has 0 radical (unpaired) electrons. The highest BCUT2D eigenvalue weighted by Crippen LogP contribution is 2.31. The minimum absolute atomic E-state index is 0.00362. The van der Waals surface area contributed by atoms with Gasteiger partial charge in [0.05, 0.1) is 10.9 Å². The van der Waals surface area contributed by atoms with E-state index in [9.17, 15) is 4.79 Å². The Morgan fingerprint density at radius 3 is 2.18 bits per heavy atom. The van der Waals surface area contributed by atoms with Crippen LogP contribution in [0.25, 0.3) is 0 Å². The first kappa shape index (κ1) is 16.6. The summed E-state index contributed by atoms with van der Waals surface area (Å²) in [6.07, 6.45) is 0. The second-order valence-corrected chi connectivity index (χ2v) is 6.81. The van der Waals surface area contributed by atoms with Crippen LogP contribution in [0.5, 0.6) is 0 Å². The van der Waals surface area contributed by atoms with Crippen LogP contribution in [0.15, 0.2) is 60.7 Å². The second kappa shape index (κ2) is 7.47. The Hall–Kier alpha value is -1.78. The monoisotopic (exact) mass is 314 g/mol. The van der Waals surface area contributed by atoms with Crippen LogP contribution in [0.4, 0.5) is 0 Å². The molecule has 3 N–H and O–H groups in total. The molecule has 0 bridgehead atoms. The van der Waals surface area contributed by atoms with E-state index in [2.05, 4.69) is 29.6 Å². The molecule has 4 heteroatoms. The van der Waals surface area contributed by atoms with Crippen LogP contribution in [-0.2, 0) is 10.5 Å². The summed E-state index contributed by atoms with van der Waals surface area (Å²) in [5, 5.41) is 3.37. The van der Waals surface area contributed by atoms with Crippen LogP contribution in [0, 0.1) is 0 Å². The number of hydrogen-bond donors (Lipinski definition) is 2. The van der Waals surface area contributed by atoms with E-state index < -0.39 is 5.54 Å². The predicted molar refractivity (Wildman–Crippen MR) is 93.3 cm³/mol. The van der Waals surface area contributed by atoms with Crippen molar-refractivity contribution in [2.24, 2.45) is 5.73 Å². The number of rotatable bonds is 7. The summed E-state index contributed by atoms with van der Waals surface area (Å²) in [5.74, 6) is 0.510. The van der Waals surface area contributed by atoms with E-state index in [1.807, 2.05) is 50.2 Å². The van der Waals surface area contributed by atoms with E-state index in [0.29, 0.717) is 0 Å². The molecule has 2 rings (SSSR count). The lowest BCUT2D eigenvalue weighted by molar-refractivity contribution is -0.123. The van der Waals surface area contributed by atoms with Crippen molar-refractivity contribution in [3.8, 4) is 0 Å². The average molecular weight is 314 g/mol. The Labute approximate surface area is 136 Å². The Morgan fingerprint density at radius 2 is 1.64 bits per heavy atom. The van der Waals surface area contributed by atoms with Gasteiger partial charge in [-0.1, -0.05) is 60.7 Å². The van der Waals surface area contributed by atoms with Gasteiger partial charge in [-0.2, -0.15) is 0 Å². The molecule has 1 unspecified atom stereocenters. The summed E-state index contributed by atoms with van der Waals surface area (Å²) < 4.78 is 0. The number of carbonyl (C=O) groups is 1. The van der Waals surface area contributed by atoms with Crippen molar-refractivity contribution in [2.45, 2.75) is 30.5 Å². The molecule has 0 spiro atoms. The van der Waals surface area contributed by atoms with Crippen molar-refractivity contribution < 1.29 is 4.79 Å². The zero-order chi connectivity index (χ0) is 16.0. The van der Waals surface area contributed by atoms with Gasteiger partial charge in [0.15, 0.2) is 0 Å². The van der Waals surface area contributed by atoms with Crippen molar-refractivity contribution >= 4 is 17.7 Å². The topological polar surface area (TPSA) is 55.1 Å². The zero-order valence-electron chi connectivity index (χ0n) is 13.0. The van der Waals surface area contributed by atoms with Gasteiger partial charge >= 0.3 is 0 Å². The Bertz CT molecular complexity index is 599. The Kier molecular flexibility index (Phi) is 5.63. The summed E-state index contributed by atoms with van der Waals surface area (Å²) in [6, 6.07) is 20.4. The highest BCUT2D eigenvalue weighted by Gasteiger charge is 2.28. The van der Waals surface area contributed by atoms with Crippen LogP contribution >= 0.6 is 11.8 Å². The maximum atomic E-state index is 11.6. The molecule has 2 aromatic carbocycles. The van der Waals surface area contributed by atoms with Crippen molar-refractivity contribution in [1.29, 1.82) is 0 Å². The fourth-order valence-corrected chi connectivity index (χ4v) is 3.28. The summed E-state index contributed by atoms with van der Waals surface area (Å²) in [4.78, 5) is 11.6. The summed E-state index contributed by atoms with van der Waals surface area (Å²) in [6.45, 7) is 3.63. The number of nitrogens with two attached hydrogens (primary N) is 1. The summed E-state index contributed by atoms with van der Waals surface area (Å²) in [7, 11) is 0. The van der Waals surface area contributed by atoms with Gasteiger partial charge in [0.1, 0.15) is 0 Å². The lowest BCUT2D eigenvalue weighted by Gasteiger charge is -2.29. The van der Waals surface area contributed by atoms with Gasteiger partial charge < -0.3 is 5.73 Å². The quantitative estimate of drug-likeness (QED) is 0.769. The molecular weight excluding hydrogens is 292 g/mol. The van der Waals surface area contributed by atoms with Gasteiger partial charge in [0, 0.05) is 5.75 Å². The Morgan fingerprint density at radius 1 is 1.09 bits per heavy atom. The molecule has 0 aliphatic carbocycles. The van der Waals surface area contributed by atoms with E-state index in [4.69, 9.17) is 5.73 Å². The number of nitrogens with one attached hydrogen (secondary N) is 1. The molecule has 3 nitrogen and oxygen atoms in total. The highest BCUT2D eigenvalue weighted by atomic mass is 32.2. The molecule has 0 saturated carbocycles. The summed E-state index contributed by atoms with van der Waals surface area (Å²) in [5.41, 5.74) is 7.13. The van der Waals surface area contributed by atoms with E-state index in [1.165, 1.54) is 5.56 Å². The third-order valence-corrected chi connectivity index (χ3v) is 4.69. The number of carbonyl (C=O) groups excluding carboxylic acids is 1. The number of thioether (sulfide) groups is 1.